The van der Waals surface area contributed by atoms with Crippen LogP contribution < -0.4 is 5.32 Å². The van der Waals surface area contributed by atoms with Crippen LogP contribution in [0.15, 0.2) is 71.6 Å². The molecule has 180 valence electrons. The van der Waals surface area contributed by atoms with Gasteiger partial charge in [0.1, 0.15) is 0 Å². The van der Waals surface area contributed by atoms with Gasteiger partial charge >= 0.3 is 0 Å². The molecule has 5 nitrogen and oxygen atoms in total. The molecule has 3 aromatic rings. The minimum atomic E-state index is -3.91. The lowest BCUT2D eigenvalue weighted by Crippen LogP contribution is -2.38. The molecular weight excluding hydrogens is 444 g/mol. The fraction of sp³-hybridized carbons (Fsp3) is 0.321. The van der Waals surface area contributed by atoms with E-state index in [-0.39, 0.29) is 23.9 Å². The molecule has 0 saturated carbocycles. The van der Waals surface area contributed by atoms with E-state index in [0.29, 0.717) is 16.8 Å². The number of sulfonamides is 1. The first kappa shape index (κ1) is 25.7. The molecule has 0 spiro atoms. The van der Waals surface area contributed by atoms with E-state index in [1.54, 1.807) is 13.8 Å². The lowest BCUT2D eigenvalue weighted by molar-refractivity contribution is -0.116. The zero-order valence-electron chi connectivity index (χ0n) is 20.5. The van der Waals surface area contributed by atoms with Crippen molar-refractivity contribution in [3.05, 3.63) is 94.5 Å². The highest BCUT2D eigenvalue weighted by atomic mass is 32.2. The van der Waals surface area contributed by atoms with Crippen molar-refractivity contribution in [2.45, 2.75) is 58.4 Å². The van der Waals surface area contributed by atoms with E-state index in [0.717, 1.165) is 30.4 Å². The Hall–Kier alpha value is -2.96. The first-order valence-corrected chi connectivity index (χ1v) is 13.2. The lowest BCUT2D eigenvalue weighted by Gasteiger charge is -2.24. The quantitative estimate of drug-likeness (QED) is 0.401. The van der Waals surface area contributed by atoms with Gasteiger partial charge in [-0.3, -0.25) is 4.79 Å². The summed E-state index contributed by atoms with van der Waals surface area (Å²) in [5.41, 5.74) is 5.06. The van der Waals surface area contributed by atoms with Crippen molar-refractivity contribution in [1.29, 1.82) is 0 Å². The van der Waals surface area contributed by atoms with Crippen LogP contribution in [0, 0.1) is 20.8 Å². The van der Waals surface area contributed by atoms with Gasteiger partial charge in [-0.2, -0.15) is 4.31 Å². The van der Waals surface area contributed by atoms with E-state index in [9.17, 15) is 13.2 Å². The molecule has 0 unspecified atom stereocenters. The predicted octanol–water partition coefficient (Wildman–Crippen LogP) is 5.78. The van der Waals surface area contributed by atoms with Crippen molar-refractivity contribution in [2.24, 2.45) is 0 Å². The summed E-state index contributed by atoms with van der Waals surface area (Å²) in [6.07, 6.45) is 3.25. The minimum Gasteiger partial charge on any atom is -0.325 e. The van der Waals surface area contributed by atoms with Gasteiger partial charge in [0.05, 0.1) is 11.4 Å². The highest BCUT2D eigenvalue weighted by molar-refractivity contribution is 7.89. The normalized spacial score (nSPS) is 11.6. The molecule has 0 radical (unpaired) electrons. The number of hydrogen-bond donors (Lipinski definition) is 1. The summed E-state index contributed by atoms with van der Waals surface area (Å²) >= 11 is 0. The van der Waals surface area contributed by atoms with Gasteiger partial charge in [0.25, 0.3) is 0 Å². The van der Waals surface area contributed by atoms with E-state index in [2.05, 4.69) is 12.2 Å². The first-order chi connectivity index (χ1) is 16.2. The fourth-order valence-corrected chi connectivity index (χ4v) is 6.01. The highest BCUT2D eigenvalue weighted by Crippen LogP contribution is 2.26. The zero-order valence-corrected chi connectivity index (χ0v) is 21.3. The van der Waals surface area contributed by atoms with Gasteiger partial charge in [0.2, 0.25) is 15.9 Å². The van der Waals surface area contributed by atoms with Gasteiger partial charge in [-0.15, -0.1) is 0 Å². The third kappa shape index (κ3) is 6.55. The maximum absolute atomic E-state index is 13.8. The van der Waals surface area contributed by atoms with Gasteiger partial charge in [0.15, 0.2) is 0 Å². The van der Waals surface area contributed by atoms with Crippen LogP contribution in [0.4, 0.5) is 5.69 Å². The van der Waals surface area contributed by atoms with Crippen LogP contribution in [0.2, 0.25) is 0 Å². The Bertz CT molecular complexity index is 1200. The number of nitrogens with one attached hydrogen (secondary N) is 1. The highest BCUT2D eigenvalue weighted by Gasteiger charge is 2.30. The van der Waals surface area contributed by atoms with Gasteiger partial charge in [0, 0.05) is 12.2 Å². The summed E-state index contributed by atoms with van der Waals surface area (Å²) < 4.78 is 28.8. The van der Waals surface area contributed by atoms with Crippen LogP contribution in [0.25, 0.3) is 0 Å². The van der Waals surface area contributed by atoms with Crippen molar-refractivity contribution < 1.29 is 13.2 Å². The third-order valence-electron chi connectivity index (χ3n) is 5.78. The molecule has 0 aliphatic rings. The number of unbranched alkanes of at least 4 members (excludes halogenated alkanes) is 1. The molecule has 34 heavy (non-hydrogen) atoms. The van der Waals surface area contributed by atoms with E-state index >= 15 is 0 Å². The maximum atomic E-state index is 13.8. The van der Waals surface area contributed by atoms with Gasteiger partial charge in [-0.05, 0) is 68.0 Å². The monoisotopic (exact) mass is 478 g/mol. The van der Waals surface area contributed by atoms with E-state index in [1.165, 1.54) is 9.87 Å². The van der Waals surface area contributed by atoms with E-state index in [4.69, 9.17) is 0 Å². The maximum Gasteiger partial charge on any atom is 0.244 e. The Morgan fingerprint density at radius 2 is 1.50 bits per heavy atom. The number of rotatable bonds is 10. The Labute approximate surface area is 203 Å². The van der Waals surface area contributed by atoms with Gasteiger partial charge in [-0.25, -0.2) is 8.42 Å². The second-order valence-corrected chi connectivity index (χ2v) is 10.7. The van der Waals surface area contributed by atoms with Crippen LogP contribution >= 0.6 is 0 Å². The summed E-state index contributed by atoms with van der Waals surface area (Å²) in [4.78, 5) is 13.2. The second-order valence-electron chi connectivity index (χ2n) is 8.84. The third-order valence-corrected chi connectivity index (χ3v) is 7.88. The average molecular weight is 479 g/mol. The van der Waals surface area contributed by atoms with Crippen LogP contribution in [0.1, 0.15) is 47.6 Å². The molecule has 0 aliphatic heterocycles. The van der Waals surface area contributed by atoms with E-state index < -0.39 is 10.0 Å². The lowest BCUT2D eigenvalue weighted by atomic mass is 10.1. The van der Waals surface area contributed by atoms with Crippen molar-refractivity contribution >= 4 is 21.6 Å². The number of benzene rings is 3. The average Bonchev–Trinajstić information content (AvgIpc) is 2.78. The minimum absolute atomic E-state index is 0.110. The number of amides is 1. The van der Waals surface area contributed by atoms with Crippen molar-refractivity contribution in [3.63, 3.8) is 0 Å². The van der Waals surface area contributed by atoms with Crippen LogP contribution in [-0.2, 0) is 27.8 Å². The molecule has 0 atom stereocenters. The molecule has 3 rings (SSSR count). The van der Waals surface area contributed by atoms with Crippen molar-refractivity contribution in [2.75, 3.05) is 11.9 Å². The van der Waals surface area contributed by atoms with Crippen molar-refractivity contribution in [1.82, 2.24) is 4.31 Å². The first-order valence-electron chi connectivity index (χ1n) is 11.7. The predicted molar refractivity (Wildman–Crippen MR) is 138 cm³/mol. The molecule has 0 saturated heterocycles. The second kappa shape index (κ2) is 11.4. The standard InChI is InChI=1S/C28H34N2O3S/c1-5-6-10-24-13-15-26(16-14-24)29-27(31)20-30(19-25-11-8-7-9-12-25)34(32,33)28-22(3)17-21(2)18-23(28)4/h7-9,11-18H,5-6,10,19-20H2,1-4H3,(H,29,31). The molecule has 1 N–H and O–H groups in total. The topological polar surface area (TPSA) is 66.5 Å². The number of nitrogens with zero attached hydrogens (tertiary/aromatic N) is 1. The van der Waals surface area contributed by atoms with Gasteiger partial charge < -0.3 is 5.32 Å². The smallest absolute Gasteiger partial charge is 0.244 e. The number of carbonyl (C=O) groups excluding carboxylic acids is 1. The summed E-state index contributed by atoms with van der Waals surface area (Å²) in [7, 11) is -3.91. The van der Waals surface area contributed by atoms with E-state index in [1.807, 2.05) is 73.7 Å². The summed E-state index contributed by atoms with van der Waals surface area (Å²) in [5.74, 6) is -0.372. The summed E-state index contributed by atoms with van der Waals surface area (Å²) in [6.45, 7) is 7.53. The molecule has 0 aromatic heterocycles. The Balaban J connectivity index is 1.85. The van der Waals surface area contributed by atoms with Gasteiger partial charge in [-0.1, -0.05) is 73.5 Å². The van der Waals surface area contributed by atoms with Crippen LogP contribution in [0.5, 0.6) is 0 Å². The fourth-order valence-electron chi connectivity index (χ4n) is 4.21. The largest absolute Gasteiger partial charge is 0.325 e. The van der Waals surface area contributed by atoms with Crippen molar-refractivity contribution in [3.8, 4) is 0 Å². The molecule has 6 heteroatoms. The van der Waals surface area contributed by atoms with Crippen LogP contribution in [-0.4, -0.2) is 25.2 Å². The Kier molecular flexibility index (Phi) is 8.64. The molecule has 0 fully saturated rings. The summed E-state index contributed by atoms with van der Waals surface area (Å²) in [5, 5.41) is 2.86. The number of hydrogen-bond acceptors (Lipinski definition) is 3. The Morgan fingerprint density at radius 3 is 2.09 bits per heavy atom. The number of carbonyl (C=O) groups is 1. The zero-order chi connectivity index (χ0) is 24.7. The molecular formula is C28H34N2O3S. The summed E-state index contributed by atoms with van der Waals surface area (Å²) in [6, 6.07) is 20.8. The number of aryl methyl sites for hydroxylation is 4. The number of anilines is 1. The molecule has 0 heterocycles. The van der Waals surface area contributed by atoms with Crippen LogP contribution in [0.3, 0.4) is 0 Å². The SMILES string of the molecule is CCCCc1ccc(NC(=O)CN(Cc2ccccc2)S(=O)(=O)c2c(C)cc(C)cc2C)cc1. The molecule has 3 aromatic carbocycles. The molecule has 1 amide bonds. The Morgan fingerprint density at radius 1 is 0.882 bits per heavy atom. The molecule has 0 aliphatic carbocycles. The molecule has 0 bridgehead atoms.